The van der Waals surface area contributed by atoms with E-state index in [2.05, 4.69) is 20.6 Å². The van der Waals surface area contributed by atoms with Crippen molar-refractivity contribution in [3.8, 4) is 0 Å². The van der Waals surface area contributed by atoms with E-state index in [0.717, 1.165) is 10.9 Å². The molecule has 0 aliphatic rings. The number of benzene rings is 1. The molecular formula is C14H12N4OS. The van der Waals surface area contributed by atoms with Crippen LogP contribution in [-0.2, 0) is 0 Å². The van der Waals surface area contributed by atoms with Crippen LogP contribution in [-0.4, -0.2) is 22.9 Å². The Kier molecular flexibility index (Phi) is 3.30. The first-order chi connectivity index (χ1) is 9.78. The molecule has 1 aromatic carbocycles. The lowest BCUT2D eigenvalue weighted by Crippen LogP contribution is -2.13. The van der Waals surface area contributed by atoms with Gasteiger partial charge in [-0.2, -0.15) is 0 Å². The number of anilines is 2. The van der Waals surface area contributed by atoms with Crippen LogP contribution in [0.5, 0.6) is 0 Å². The summed E-state index contributed by atoms with van der Waals surface area (Å²) in [7, 11) is 1.78. The molecule has 0 fully saturated rings. The van der Waals surface area contributed by atoms with Crippen LogP contribution in [0.3, 0.4) is 0 Å². The maximum Gasteiger partial charge on any atom is 0.258 e. The third-order valence-electron chi connectivity index (χ3n) is 2.87. The molecule has 0 radical (unpaired) electrons. The predicted octanol–water partition coefficient (Wildman–Crippen LogP) is 2.99. The minimum absolute atomic E-state index is 0.185. The van der Waals surface area contributed by atoms with E-state index in [-0.39, 0.29) is 5.91 Å². The number of thiazole rings is 1. The van der Waals surface area contributed by atoms with Gasteiger partial charge in [0, 0.05) is 24.0 Å². The highest BCUT2D eigenvalue weighted by Gasteiger charge is 2.13. The number of hydrogen-bond acceptors (Lipinski definition) is 5. The summed E-state index contributed by atoms with van der Waals surface area (Å²) in [6, 6.07) is 9.31. The molecule has 0 saturated carbocycles. The molecule has 0 unspecified atom stereocenters. The Labute approximate surface area is 119 Å². The zero-order valence-corrected chi connectivity index (χ0v) is 11.6. The fourth-order valence-electron chi connectivity index (χ4n) is 1.94. The van der Waals surface area contributed by atoms with Crippen LogP contribution in [0, 0.1) is 0 Å². The minimum Gasteiger partial charge on any atom is -0.373 e. The normalized spacial score (nSPS) is 10.4. The van der Waals surface area contributed by atoms with E-state index in [1.807, 2.05) is 29.6 Å². The predicted molar refractivity (Wildman–Crippen MR) is 81.4 cm³/mol. The number of fused-ring (bicyclic) bond motifs is 1. The van der Waals surface area contributed by atoms with Gasteiger partial charge in [0.1, 0.15) is 5.82 Å². The average Bonchev–Trinajstić information content (AvgIpc) is 2.98. The number of rotatable bonds is 3. The highest BCUT2D eigenvalue weighted by Crippen LogP contribution is 2.22. The number of nitrogens with one attached hydrogen (secondary N) is 2. The topological polar surface area (TPSA) is 66.9 Å². The smallest absolute Gasteiger partial charge is 0.258 e. The Balaban J connectivity index is 2.07. The van der Waals surface area contributed by atoms with Crippen molar-refractivity contribution in [3.05, 3.63) is 47.5 Å². The second-order valence-corrected chi connectivity index (χ2v) is 5.01. The summed E-state index contributed by atoms with van der Waals surface area (Å²) in [5.41, 5.74) is 1.36. The van der Waals surface area contributed by atoms with Gasteiger partial charge in [0.25, 0.3) is 5.91 Å². The average molecular weight is 284 g/mol. The molecule has 3 rings (SSSR count). The lowest BCUT2D eigenvalue weighted by molar-refractivity contribution is 0.102. The van der Waals surface area contributed by atoms with Gasteiger partial charge in [0.2, 0.25) is 0 Å². The third kappa shape index (κ3) is 2.33. The highest BCUT2D eigenvalue weighted by molar-refractivity contribution is 7.13. The van der Waals surface area contributed by atoms with Crippen LogP contribution in [0.15, 0.2) is 41.9 Å². The Morgan fingerprint density at radius 3 is 2.90 bits per heavy atom. The summed E-state index contributed by atoms with van der Waals surface area (Å²) in [6.45, 7) is 0. The molecule has 6 heteroatoms. The van der Waals surface area contributed by atoms with Gasteiger partial charge in [-0.15, -0.1) is 11.3 Å². The molecule has 0 aliphatic carbocycles. The van der Waals surface area contributed by atoms with Crippen LogP contribution in [0.4, 0.5) is 10.9 Å². The number of carbonyl (C=O) groups excluding carboxylic acids is 1. The van der Waals surface area contributed by atoms with Crippen LogP contribution in [0.1, 0.15) is 10.4 Å². The van der Waals surface area contributed by atoms with E-state index in [1.54, 1.807) is 19.3 Å². The Bertz CT molecular complexity index is 755. The van der Waals surface area contributed by atoms with Crippen molar-refractivity contribution in [2.24, 2.45) is 0 Å². The molecule has 0 bridgehead atoms. The number of para-hydroxylation sites is 1. The van der Waals surface area contributed by atoms with Crippen molar-refractivity contribution in [1.29, 1.82) is 0 Å². The van der Waals surface area contributed by atoms with Gasteiger partial charge in [-0.1, -0.05) is 18.2 Å². The maximum absolute atomic E-state index is 12.4. The molecule has 0 atom stereocenters. The van der Waals surface area contributed by atoms with E-state index >= 15 is 0 Å². The summed E-state index contributed by atoms with van der Waals surface area (Å²) >= 11 is 1.39. The summed E-state index contributed by atoms with van der Waals surface area (Å²) in [5.74, 6) is 0.475. The van der Waals surface area contributed by atoms with Gasteiger partial charge in [-0.25, -0.2) is 9.97 Å². The van der Waals surface area contributed by atoms with Crippen molar-refractivity contribution in [2.75, 3.05) is 17.7 Å². The van der Waals surface area contributed by atoms with Gasteiger partial charge in [0.05, 0.1) is 11.1 Å². The zero-order valence-electron chi connectivity index (χ0n) is 10.8. The number of hydrogen-bond donors (Lipinski definition) is 2. The molecule has 5 nitrogen and oxygen atoms in total. The number of carbonyl (C=O) groups is 1. The molecule has 1 amide bonds. The van der Waals surface area contributed by atoms with E-state index in [9.17, 15) is 4.79 Å². The van der Waals surface area contributed by atoms with Crippen LogP contribution in [0.25, 0.3) is 10.9 Å². The molecule has 20 heavy (non-hydrogen) atoms. The first-order valence-electron chi connectivity index (χ1n) is 6.06. The molecular weight excluding hydrogens is 272 g/mol. The fourth-order valence-corrected chi connectivity index (χ4v) is 2.46. The van der Waals surface area contributed by atoms with E-state index in [0.29, 0.717) is 16.5 Å². The maximum atomic E-state index is 12.4. The molecule has 2 aromatic heterocycles. The Morgan fingerprint density at radius 1 is 1.30 bits per heavy atom. The van der Waals surface area contributed by atoms with Gasteiger partial charge < -0.3 is 5.32 Å². The van der Waals surface area contributed by atoms with Crippen LogP contribution >= 0.6 is 11.3 Å². The summed E-state index contributed by atoms with van der Waals surface area (Å²) in [5, 5.41) is 8.99. The number of nitrogens with zero attached hydrogens (tertiary/aromatic N) is 2. The third-order valence-corrected chi connectivity index (χ3v) is 3.56. The molecule has 0 aliphatic heterocycles. The molecule has 0 saturated heterocycles. The van der Waals surface area contributed by atoms with Crippen molar-refractivity contribution in [1.82, 2.24) is 9.97 Å². The van der Waals surface area contributed by atoms with E-state index < -0.39 is 0 Å². The van der Waals surface area contributed by atoms with Crippen molar-refractivity contribution in [3.63, 3.8) is 0 Å². The van der Waals surface area contributed by atoms with Gasteiger partial charge in [-0.3, -0.25) is 10.1 Å². The second kappa shape index (κ2) is 5.26. The first-order valence-corrected chi connectivity index (χ1v) is 6.94. The molecule has 100 valence electrons. The first kappa shape index (κ1) is 12.6. The molecule has 2 heterocycles. The number of amides is 1. The monoisotopic (exact) mass is 284 g/mol. The summed E-state index contributed by atoms with van der Waals surface area (Å²) in [6.07, 6.45) is 1.66. The quantitative estimate of drug-likeness (QED) is 0.776. The fraction of sp³-hybridized carbons (Fsp3) is 0.0714. The molecule has 2 N–H and O–H groups in total. The van der Waals surface area contributed by atoms with Crippen molar-refractivity contribution in [2.45, 2.75) is 0 Å². The van der Waals surface area contributed by atoms with Gasteiger partial charge in [-0.05, 0) is 12.1 Å². The highest BCUT2D eigenvalue weighted by atomic mass is 32.1. The van der Waals surface area contributed by atoms with Crippen LogP contribution < -0.4 is 10.6 Å². The van der Waals surface area contributed by atoms with E-state index in [1.165, 1.54) is 11.3 Å². The summed E-state index contributed by atoms with van der Waals surface area (Å²) < 4.78 is 0. The molecule has 0 spiro atoms. The van der Waals surface area contributed by atoms with Crippen molar-refractivity contribution < 1.29 is 4.79 Å². The lowest BCUT2D eigenvalue weighted by atomic mass is 10.1. The summed E-state index contributed by atoms with van der Waals surface area (Å²) in [4.78, 5) is 20.9. The number of pyridine rings is 1. The van der Waals surface area contributed by atoms with Crippen molar-refractivity contribution >= 4 is 39.1 Å². The SMILES string of the molecule is CNc1cc(C(=O)Nc2nccs2)c2ccccc2n1. The van der Waals surface area contributed by atoms with Gasteiger partial charge >= 0.3 is 0 Å². The molecule has 3 aromatic rings. The Hall–Kier alpha value is -2.47. The van der Waals surface area contributed by atoms with E-state index in [4.69, 9.17) is 0 Å². The largest absolute Gasteiger partial charge is 0.373 e. The minimum atomic E-state index is -0.185. The lowest BCUT2D eigenvalue weighted by Gasteiger charge is -2.08. The van der Waals surface area contributed by atoms with Gasteiger partial charge in [0.15, 0.2) is 5.13 Å². The zero-order chi connectivity index (χ0) is 13.9. The number of aromatic nitrogens is 2. The van der Waals surface area contributed by atoms with Crippen LogP contribution in [0.2, 0.25) is 0 Å². The standard InChI is InChI=1S/C14H12N4OS/c1-15-12-8-10(9-4-2-3-5-11(9)17-12)13(19)18-14-16-6-7-20-14/h2-8H,1H3,(H,15,17)(H,16,18,19). The second-order valence-electron chi connectivity index (χ2n) is 4.11. The Morgan fingerprint density at radius 2 is 2.15 bits per heavy atom.